The molecule has 2 N–H and O–H groups in total. The van der Waals surface area contributed by atoms with Gasteiger partial charge in [0.2, 0.25) is 0 Å². The summed E-state index contributed by atoms with van der Waals surface area (Å²) < 4.78 is 0.709. The number of rotatable bonds is 2. The maximum absolute atomic E-state index is 13.0. The molecular formula is C18H19BrN2O4. The van der Waals surface area contributed by atoms with Crippen LogP contribution in [-0.2, 0) is 4.79 Å². The molecule has 2 heterocycles. The lowest BCUT2D eigenvalue weighted by atomic mass is 9.85. The maximum atomic E-state index is 13.0. The fraction of sp³-hybridized carbons (Fsp3) is 0.389. The minimum Gasteiger partial charge on any atom is -0.480 e. The number of amides is 1. The number of nitrogens with zero attached hydrogens (tertiary/aromatic N) is 1. The average Bonchev–Trinajstić information content (AvgIpc) is 2.53. The Kier molecular flexibility index (Phi) is 4.69. The van der Waals surface area contributed by atoms with Crippen molar-refractivity contribution in [2.24, 2.45) is 11.8 Å². The molecule has 1 aromatic carbocycles. The van der Waals surface area contributed by atoms with Gasteiger partial charge in [-0.05, 0) is 36.5 Å². The molecule has 1 amide bonds. The van der Waals surface area contributed by atoms with Gasteiger partial charge in [-0.3, -0.25) is 9.59 Å². The Bertz CT molecular complexity index is 908. The van der Waals surface area contributed by atoms with Gasteiger partial charge >= 0.3 is 5.97 Å². The SMILES string of the molecule is CC1CC(C)C(C(=O)O)N(C(=O)c2cc3c(Br)cccc3c(=O)[nH]2)C1. The summed E-state index contributed by atoms with van der Waals surface area (Å²) in [5, 5.41) is 10.7. The Morgan fingerprint density at radius 2 is 2.00 bits per heavy atom. The lowest BCUT2D eigenvalue weighted by Crippen LogP contribution is -2.54. The monoisotopic (exact) mass is 406 g/mol. The topological polar surface area (TPSA) is 90.5 Å². The molecule has 132 valence electrons. The first-order valence-electron chi connectivity index (χ1n) is 8.15. The van der Waals surface area contributed by atoms with Crippen LogP contribution in [0.15, 0.2) is 33.5 Å². The molecule has 1 aliphatic rings. The van der Waals surface area contributed by atoms with Gasteiger partial charge < -0.3 is 15.0 Å². The molecule has 3 rings (SSSR count). The van der Waals surface area contributed by atoms with Crippen molar-refractivity contribution in [2.45, 2.75) is 26.3 Å². The fourth-order valence-electron chi connectivity index (χ4n) is 3.70. The van der Waals surface area contributed by atoms with E-state index in [4.69, 9.17) is 0 Å². The third-order valence-corrected chi connectivity index (χ3v) is 5.43. The van der Waals surface area contributed by atoms with Crippen LogP contribution in [0.3, 0.4) is 0 Å². The number of carboxylic acids is 1. The summed E-state index contributed by atoms with van der Waals surface area (Å²) in [5.41, 5.74) is -0.260. The van der Waals surface area contributed by atoms with Crippen molar-refractivity contribution in [2.75, 3.05) is 6.54 Å². The van der Waals surface area contributed by atoms with Crippen LogP contribution < -0.4 is 5.56 Å². The molecule has 1 aromatic heterocycles. The van der Waals surface area contributed by atoms with E-state index in [0.717, 1.165) is 6.42 Å². The van der Waals surface area contributed by atoms with Crippen LogP contribution in [0, 0.1) is 11.8 Å². The number of aromatic nitrogens is 1. The van der Waals surface area contributed by atoms with Crippen molar-refractivity contribution < 1.29 is 14.7 Å². The van der Waals surface area contributed by atoms with Crippen molar-refractivity contribution in [1.29, 1.82) is 0 Å². The fourth-order valence-corrected chi connectivity index (χ4v) is 4.18. The maximum Gasteiger partial charge on any atom is 0.326 e. The highest BCUT2D eigenvalue weighted by atomic mass is 79.9. The number of carboxylic acid groups (broad SMARTS) is 1. The van der Waals surface area contributed by atoms with E-state index in [2.05, 4.69) is 20.9 Å². The van der Waals surface area contributed by atoms with Gasteiger partial charge in [0.15, 0.2) is 0 Å². The van der Waals surface area contributed by atoms with E-state index in [1.165, 1.54) is 4.90 Å². The van der Waals surface area contributed by atoms with Gasteiger partial charge in [0.25, 0.3) is 11.5 Å². The molecule has 6 nitrogen and oxygen atoms in total. The minimum absolute atomic E-state index is 0.108. The predicted octanol–water partition coefficient (Wildman–Crippen LogP) is 2.86. The van der Waals surface area contributed by atoms with Gasteiger partial charge in [0, 0.05) is 21.8 Å². The number of hydrogen-bond donors (Lipinski definition) is 2. The number of piperidine rings is 1. The molecule has 2 aromatic rings. The summed E-state index contributed by atoms with van der Waals surface area (Å²) in [6.45, 7) is 4.19. The summed E-state index contributed by atoms with van der Waals surface area (Å²) >= 11 is 3.39. The van der Waals surface area contributed by atoms with Gasteiger partial charge in [-0.15, -0.1) is 0 Å². The number of H-pyrrole nitrogens is 1. The van der Waals surface area contributed by atoms with Gasteiger partial charge in [-0.1, -0.05) is 35.8 Å². The highest BCUT2D eigenvalue weighted by molar-refractivity contribution is 9.10. The first kappa shape index (κ1) is 17.7. The van der Waals surface area contributed by atoms with Gasteiger partial charge in [0.1, 0.15) is 11.7 Å². The number of fused-ring (bicyclic) bond motifs is 1. The van der Waals surface area contributed by atoms with Gasteiger partial charge in [-0.2, -0.15) is 0 Å². The first-order chi connectivity index (χ1) is 11.8. The van der Waals surface area contributed by atoms with Crippen molar-refractivity contribution >= 4 is 38.6 Å². The van der Waals surface area contributed by atoms with Crippen LogP contribution in [0.25, 0.3) is 10.8 Å². The lowest BCUT2D eigenvalue weighted by molar-refractivity contribution is -0.146. The highest BCUT2D eigenvalue weighted by Gasteiger charge is 2.40. The number of nitrogens with one attached hydrogen (secondary N) is 1. The van der Waals surface area contributed by atoms with Crippen LogP contribution in [0.5, 0.6) is 0 Å². The summed E-state index contributed by atoms with van der Waals surface area (Å²) in [4.78, 5) is 41.0. The summed E-state index contributed by atoms with van der Waals surface area (Å²) in [7, 11) is 0. The molecule has 0 spiro atoms. The first-order valence-corrected chi connectivity index (χ1v) is 8.94. The standard InChI is InChI=1S/C18H19BrN2O4/c1-9-6-10(2)15(18(24)25)21(8-9)17(23)14-7-12-11(16(22)20-14)4-3-5-13(12)19/h3-5,7,9-10,15H,6,8H2,1-2H3,(H,20,22)(H,24,25). The number of likely N-dealkylation sites (tertiary alicyclic amines) is 1. The molecule has 3 unspecified atom stereocenters. The molecule has 7 heteroatoms. The molecule has 0 aliphatic carbocycles. The number of aromatic amines is 1. The second-order valence-corrected chi connectivity index (χ2v) is 7.63. The quantitative estimate of drug-likeness (QED) is 0.801. The highest BCUT2D eigenvalue weighted by Crippen LogP contribution is 2.29. The van der Waals surface area contributed by atoms with Crippen molar-refractivity contribution in [3.63, 3.8) is 0 Å². The van der Waals surface area contributed by atoms with E-state index in [1.54, 1.807) is 24.3 Å². The Hall–Kier alpha value is -2.15. The van der Waals surface area contributed by atoms with E-state index in [0.29, 0.717) is 21.8 Å². The predicted molar refractivity (Wildman–Crippen MR) is 97.7 cm³/mol. The van der Waals surface area contributed by atoms with Crippen molar-refractivity contribution in [3.8, 4) is 0 Å². The minimum atomic E-state index is -1.02. The van der Waals surface area contributed by atoms with E-state index in [9.17, 15) is 19.5 Å². The van der Waals surface area contributed by atoms with E-state index in [1.807, 2.05) is 13.8 Å². The van der Waals surface area contributed by atoms with Crippen LogP contribution in [0.2, 0.25) is 0 Å². The summed E-state index contributed by atoms with van der Waals surface area (Å²) in [5.74, 6) is -1.42. The number of hydrogen-bond acceptors (Lipinski definition) is 3. The van der Waals surface area contributed by atoms with Crippen LogP contribution in [-0.4, -0.2) is 39.5 Å². The molecule has 0 bridgehead atoms. The van der Waals surface area contributed by atoms with E-state index in [-0.39, 0.29) is 23.1 Å². The molecule has 25 heavy (non-hydrogen) atoms. The normalized spacial score (nSPS) is 23.6. The Labute approximate surface area is 153 Å². The molecule has 3 atom stereocenters. The molecule has 1 fully saturated rings. The number of carbonyl (C=O) groups excluding carboxylic acids is 1. The second kappa shape index (κ2) is 6.63. The number of halogens is 1. The zero-order valence-electron chi connectivity index (χ0n) is 14.0. The third kappa shape index (κ3) is 3.20. The zero-order chi connectivity index (χ0) is 18.3. The molecule has 0 radical (unpaired) electrons. The van der Waals surface area contributed by atoms with Crippen LogP contribution in [0.1, 0.15) is 30.8 Å². The van der Waals surface area contributed by atoms with E-state index >= 15 is 0 Å². The second-order valence-electron chi connectivity index (χ2n) is 6.77. The summed E-state index contributed by atoms with van der Waals surface area (Å²) in [6, 6.07) is 5.94. The van der Waals surface area contributed by atoms with Gasteiger partial charge in [-0.25, -0.2) is 4.79 Å². The average molecular weight is 407 g/mol. The molecule has 1 saturated heterocycles. The van der Waals surface area contributed by atoms with Crippen molar-refractivity contribution in [3.05, 3.63) is 44.8 Å². The third-order valence-electron chi connectivity index (χ3n) is 4.74. The number of pyridine rings is 1. The van der Waals surface area contributed by atoms with Crippen molar-refractivity contribution in [1.82, 2.24) is 9.88 Å². The number of carbonyl (C=O) groups is 2. The van der Waals surface area contributed by atoms with Gasteiger partial charge in [0.05, 0.1) is 0 Å². The smallest absolute Gasteiger partial charge is 0.326 e. The number of aliphatic carboxylic acids is 1. The summed E-state index contributed by atoms with van der Waals surface area (Å²) in [6.07, 6.45) is 0.751. The Morgan fingerprint density at radius 3 is 2.68 bits per heavy atom. The van der Waals surface area contributed by atoms with Crippen LogP contribution >= 0.6 is 15.9 Å². The van der Waals surface area contributed by atoms with E-state index < -0.39 is 17.9 Å². The molecule has 0 saturated carbocycles. The molecule has 1 aliphatic heterocycles. The zero-order valence-corrected chi connectivity index (χ0v) is 15.5. The lowest BCUT2D eigenvalue weighted by Gasteiger charge is -2.40. The Balaban J connectivity index is 2.07. The molecular weight excluding hydrogens is 388 g/mol. The Morgan fingerprint density at radius 1 is 1.28 bits per heavy atom. The number of benzene rings is 1. The largest absolute Gasteiger partial charge is 0.480 e. The van der Waals surface area contributed by atoms with Crippen LogP contribution in [0.4, 0.5) is 0 Å².